The summed E-state index contributed by atoms with van der Waals surface area (Å²) >= 11 is 1.79. The third kappa shape index (κ3) is 2.81. The molecule has 0 unspecified atom stereocenters. The Morgan fingerprint density at radius 2 is 1.89 bits per heavy atom. The van der Waals surface area contributed by atoms with Gasteiger partial charge in [0.15, 0.2) is 0 Å². The van der Waals surface area contributed by atoms with Gasteiger partial charge in [0.25, 0.3) is 0 Å². The Hall–Kier alpha value is -1.78. The number of fused-ring (bicyclic) bond motifs is 3. The Kier molecular flexibility index (Phi) is 4.81. The highest BCUT2D eigenvalue weighted by Crippen LogP contribution is 2.61. The average molecular weight is 382 g/mol. The van der Waals surface area contributed by atoms with Crippen LogP contribution < -0.4 is 0 Å². The lowest BCUT2D eigenvalue weighted by atomic mass is 9.69. The van der Waals surface area contributed by atoms with Gasteiger partial charge in [0.2, 0.25) is 0 Å². The number of hydrogen-bond donors (Lipinski definition) is 0. The summed E-state index contributed by atoms with van der Waals surface area (Å²) in [4.78, 5) is 16.8. The first-order valence-electron chi connectivity index (χ1n) is 9.59. The molecule has 142 valence electrons. The summed E-state index contributed by atoms with van der Waals surface area (Å²) < 4.78 is 5.39. The van der Waals surface area contributed by atoms with Crippen molar-refractivity contribution in [3.05, 3.63) is 65.2 Å². The number of rotatable bonds is 3. The van der Waals surface area contributed by atoms with Crippen LogP contribution in [0.1, 0.15) is 48.4 Å². The van der Waals surface area contributed by atoms with Crippen LogP contribution in [0.25, 0.3) is 0 Å². The van der Waals surface area contributed by atoms with Crippen LogP contribution in [-0.2, 0) is 9.53 Å². The maximum absolute atomic E-state index is 13.2. The Labute approximate surface area is 166 Å². The third-order valence-corrected chi connectivity index (χ3v) is 7.58. The van der Waals surface area contributed by atoms with Crippen LogP contribution in [0.5, 0.6) is 0 Å². The third-order valence-electron chi connectivity index (χ3n) is 6.27. The zero-order valence-electron chi connectivity index (χ0n) is 16.4. The minimum atomic E-state index is -0.554. The van der Waals surface area contributed by atoms with Crippen molar-refractivity contribution < 1.29 is 9.53 Å². The lowest BCUT2D eigenvalue weighted by Crippen LogP contribution is -2.45. The molecule has 2 aliphatic heterocycles. The summed E-state index contributed by atoms with van der Waals surface area (Å²) in [6, 6.07) is 17.4. The number of likely N-dealkylation sites (tertiary alicyclic amines) is 1. The van der Waals surface area contributed by atoms with Crippen molar-refractivity contribution in [2.75, 3.05) is 26.5 Å². The van der Waals surface area contributed by atoms with E-state index in [9.17, 15) is 4.79 Å². The first-order chi connectivity index (χ1) is 13.0. The van der Waals surface area contributed by atoms with Crippen LogP contribution in [0, 0.1) is 5.41 Å². The molecule has 0 aliphatic carbocycles. The Bertz CT molecular complexity index is 848. The van der Waals surface area contributed by atoms with E-state index in [1.54, 1.807) is 11.8 Å². The van der Waals surface area contributed by atoms with Crippen molar-refractivity contribution in [3.63, 3.8) is 0 Å². The number of carbonyl (C=O) groups excluding carboxylic acids is 1. The van der Waals surface area contributed by atoms with Gasteiger partial charge in [-0.3, -0.25) is 9.69 Å². The van der Waals surface area contributed by atoms with Crippen molar-refractivity contribution in [1.29, 1.82) is 0 Å². The normalized spacial score (nSPS) is 27.3. The molecule has 2 aromatic carbocycles. The number of thioether (sulfide) groups is 1. The van der Waals surface area contributed by atoms with Gasteiger partial charge in [-0.2, -0.15) is 0 Å². The van der Waals surface area contributed by atoms with E-state index in [-0.39, 0.29) is 17.9 Å². The highest BCUT2D eigenvalue weighted by atomic mass is 32.2. The predicted octanol–water partition coefficient (Wildman–Crippen LogP) is 4.85. The van der Waals surface area contributed by atoms with Gasteiger partial charge >= 0.3 is 5.97 Å². The Morgan fingerprint density at radius 3 is 2.56 bits per heavy atom. The van der Waals surface area contributed by atoms with Gasteiger partial charge in [0.05, 0.1) is 13.2 Å². The molecule has 4 heteroatoms. The summed E-state index contributed by atoms with van der Waals surface area (Å²) in [5.74, 6) is 1.30. The molecule has 3 nitrogen and oxygen atoms in total. The van der Waals surface area contributed by atoms with Gasteiger partial charge in [-0.25, -0.2) is 0 Å². The Morgan fingerprint density at radius 1 is 1.19 bits per heavy atom. The molecule has 1 fully saturated rings. The maximum atomic E-state index is 13.2. The number of esters is 1. The summed E-state index contributed by atoms with van der Waals surface area (Å²) in [5, 5.41) is 0. The highest BCUT2D eigenvalue weighted by Gasteiger charge is 2.61. The number of carbonyl (C=O) groups is 1. The van der Waals surface area contributed by atoms with Crippen molar-refractivity contribution in [3.8, 4) is 0 Å². The van der Waals surface area contributed by atoms with Crippen LogP contribution in [0.4, 0.5) is 0 Å². The molecule has 0 radical (unpaired) electrons. The zero-order chi connectivity index (χ0) is 19.2. The summed E-state index contributed by atoms with van der Waals surface area (Å²) in [5.41, 5.74) is 3.27. The topological polar surface area (TPSA) is 29.5 Å². The molecule has 3 atom stereocenters. The van der Waals surface area contributed by atoms with E-state index in [0.717, 1.165) is 12.3 Å². The fraction of sp³-hybridized carbons (Fsp3) is 0.435. The second-order valence-corrected chi connectivity index (χ2v) is 9.09. The average Bonchev–Trinajstić information content (AvgIpc) is 3.01. The van der Waals surface area contributed by atoms with Gasteiger partial charge in [0, 0.05) is 23.1 Å². The van der Waals surface area contributed by atoms with E-state index in [0.29, 0.717) is 5.92 Å². The molecule has 0 amide bonds. The van der Waals surface area contributed by atoms with Gasteiger partial charge in [-0.1, -0.05) is 56.3 Å². The van der Waals surface area contributed by atoms with Crippen LogP contribution >= 0.6 is 11.8 Å². The van der Waals surface area contributed by atoms with Gasteiger partial charge < -0.3 is 4.74 Å². The smallest absolute Gasteiger partial charge is 0.315 e. The van der Waals surface area contributed by atoms with E-state index >= 15 is 0 Å². The molecule has 2 heterocycles. The molecule has 0 spiro atoms. The van der Waals surface area contributed by atoms with Crippen molar-refractivity contribution in [2.45, 2.75) is 36.6 Å². The minimum Gasteiger partial charge on any atom is -0.468 e. The van der Waals surface area contributed by atoms with Crippen LogP contribution in [0.15, 0.2) is 53.4 Å². The van der Waals surface area contributed by atoms with E-state index in [2.05, 4.69) is 74.3 Å². The molecule has 4 rings (SSSR count). The van der Waals surface area contributed by atoms with Gasteiger partial charge in [0.1, 0.15) is 5.41 Å². The fourth-order valence-corrected chi connectivity index (χ4v) is 6.28. The van der Waals surface area contributed by atoms with Crippen molar-refractivity contribution in [2.24, 2.45) is 5.41 Å². The second-order valence-electron chi connectivity index (χ2n) is 8.07. The van der Waals surface area contributed by atoms with E-state index < -0.39 is 5.41 Å². The van der Waals surface area contributed by atoms with Gasteiger partial charge in [-0.15, -0.1) is 11.8 Å². The summed E-state index contributed by atoms with van der Waals surface area (Å²) in [7, 11) is 3.66. The van der Waals surface area contributed by atoms with Crippen molar-refractivity contribution >= 4 is 17.7 Å². The van der Waals surface area contributed by atoms with Crippen molar-refractivity contribution in [1.82, 2.24) is 4.90 Å². The number of methoxy groups -OCH3 is 1. The molecule has 0 bridgehead atoms. The molecule has 0 saturated carbocycles. The molecule has 2 aromatic rings. The standard InChI is InChI=1S/C23H27NO2S/c1-15(2)16-9-11-17(12-10-16)19-13-24(3)21-18-7-5-6-8-20(18)27-14-23(19,21)22(25)26-4/h5-12,15,19,21H,13-14H2,1-4H3/t19-,21+,23-/m1/s1. The molecular formula is C23H27NO2S. The lowest BCUT2D eigenvalue weighted by molar-refractivity contribution is -0.154. The second kappa shape index (κ2) is 6.99. The van der Waals surface area contributed by atoms with E-state index in [1.165, 1.54) is 28.7 Å². The quantitative estimate of drug-likeness (QED) is 0.711. The maximum Gasteiger partial charge on any atom is 0.315 e. The molecule has 0 aromatic heterocycles. The first-order valence-corrected chi connectivity index (χ1v) is 10.6. The Balaban J connectivity index is 1.83. The first kappa shape index (κ1) is 18.6. The number of benzene rings is 2. The largest absolute Gasteiger partial charge is 0.468 e. The molecule has 2 aliphatic rings. The van der Waals surface area contributed by atoms with Crippen LogP contribution in [0.2, 0.25) is 0 Å². The number of ether oxygens (including phenoxy) is 1. The summed E-state index contributed by atoms with van der Waals surface area (Å²) in [6.45, 7) is 5.27. The number of hydrogen-bond acceptors (Lipinski definition) is 4. The number of nitrogens with zero attached hydrogens (tertiary/aromatic N) is 1. The van der Waals surface area contributed by atoms with Crippen LogP contribution in [-0.4, -0.2) is 37.3 Å². The highest BCUT2D eigenvalue weighted by molar-refractivity contribution is 7.99. The summed E-state index contributed by atoms with van der Waals surface area (Å²) in [6.07, 6.45) is 0. The molecule has 1 saturated heterocycles. The lowest BCUT2D eigenvalue weighted by Gasteiger charge is -2.42. The fourth-order valence-electron chi connectivity index (χ4n) is 4.89. The molecular weight excluding hydrogens is 354 g/mol. The van der Waals surface area contributed by atoms with Crippen LogP contribution in [0.3, 0.4) is 0 Å². The predicted molar refractivity (Wildman–Crippen MR) is 110 cm³/mol. The zero-order valence-corrected chi connectivity index (χ0v) is 17.3. The van der Waals surface area contributed by atoms with E-state index in [1.807, 2.05) is 0 Å². The van der Waals surface area contributed by atoms with E-state index in [4.69, 9.17) is 4.74 Å². The number of likely N-dealkylation sites (N-methyl/N-ethyl adjacent to an activating group) is 1. The molecule has 0 N–H and O–H groups in total. The van der Waals surface area contributed by atoms with Gasteiger partial charge in [-0.05, 0) is 35.7 Å². The molecule has 27 heavy (non-hydrogen) atoms. The minimum absolute atomic E-state index is 0.0529. The SMILES string of the molecule is COC(=O)[C@@]12CSc3ccccc3[C@@H]1N(C)C[C@@H]2c1ccc(C(C)C)cc1. The monoisotopic (exact) mass is 381 g/mol.